The molecule has 5 aromatic rings. The Morgan fingerprint density at radius 3 is 2.76 bits per heavy atom. The van der Waals surface area contributed by atoms with E-state index >= 15 is 0 Å². The predicted molar refractivity (Wildman–Crippen MR) is 160 cm³/mol. The molecule has 0 bridgehead atoms. The first kappa shape index (κ1) is 25.7. The van der Waals surface area contributed by atoms with Gasteiger partial charge < -0.3 is 29.0 Å². The molecule has 4 heterocycles. The molecular weight excluding hydrogens is 538 g/mol. The van der Waals surface area contributed by atoms with Crippen LogP contribution in [0, 0.1) is 0 Å². The monoisotopic (exact) mass is 570 g/mol. The topological polar surface area (TPSA) is 75.0 Å². The van der Waals surface area contributed by atoms with Crippen molar-refractivity contribution in [3.63, 3.8) is 0 Å². The van der Waals surface area contributed by atoms with Gasteiger partial charge >= 0.3 is 0 Å². The SMILES string of the molecule is COc1ccc2nc(NCCCCCOc3c(OC)ccc4cc5[n+](cc34)CCc3cc4c(cc3-5)OCO4)sc2c1. The Kier molecular flexibility index (Phi) is 6.88. The number of rotatable bonds is 10. The first-order chi connectivity index (χ1) is 20.2. The molecule has 0 saturated heterocycles. The van der Waals surface area contributed by atoms with Crippen molar-refractivity contribution in [1.29, 1.82) is 0 Å². The van der Waals surface area contributed by atoms with E-state index in [1.54, 1.807) is 25.6 Å². The molecule has 1 N–H and O–H groups in total. The fraction of sp³-hybridized carbons (Fsp3) is 0.312. The third-order valence-corrected chi connectivity index (χ3v) is 8.71. The number of thiazole rings is 1. The van der Waals surface area contributed by atoms with Crippen LogP contribution in [-0.2, 0) is 13.0 Å². The number of ether oxygens (including phenoxy) is 5. The lowest BCUT2D eigenvalue weighted by atomic mass is 9.95. The highest BCUT2D eigenvalue weighted by Crippen LogP contribution is 2.41. The number of pyridine rings is 1. The van der Waals surface area contributed by atoms with E-state index in [0.29, 0.717) is 6.61 Å². The third-order valence-electron chi connectivity index (χ3n) is 7.74. The highest BCUT2D eigenvalue weighted by Gasteiger charge is 2.28. The van der Waals surface area contributed by atoms with Crippen LogP contribution in [0.15, 0.2) is 54.7 Å². The van der Waals surface area contributed by atoms with E-state index in [0.717, 1.165) is 93.6 Å². The lowest BCUT2D eigenvalue weighted by Crippen LogP contribution is -2.40. The summed E-state index contributed by atoms with van der Waals surface area (Å²) in [6.45, 7) is 2.68. The summed E-state index contributed by atoms with van der Waals surface area (Å²) in [7, 11) is 3.38. The molecule has 2 aliphatic heterocycles. The summed E-state index contributed by atoms with van der Waals surface area (Å²) in [5.74, 6) is 4.07. The maximum Gasteiger partial charge on any atom is 0.231 e. The van der Waals surface area contributed by atoms with Gasteiger partial charge in [-0.2, -0.15) is 4.57 Å². The van der Waals surface area contributed by atoms with Crippen LogP contribution in [0.25, 0.3) is 32.2 Å². The molecule has 210 valence electrons. The van der Waals surface area contributed by atoms with E-state index in [9.17, 15) is 0 Å². The number of hydrogen-bond donors (Lipinski definition) is 1. The number of fused-ring (bicyclic) bond motifs is 6. The van der Waals surface area contributed by atoms with Crippen LogP contribution in [0.5, 0.6) is 28.7 Å². The molecule has 0 amide bonds. The third kappa shape index (κ3) is 4.95. The second kappa shape index (κ2) is 11.0. The van der Waals surface area contributed by atoms with Crippen molar-refractivity contribution >= 4 is 37.5 Å². The van der Waals surface area contributed by atoms with Gasteiger partial charge in [0, 0.05) is 19.0 Å². The zero-order valence-electron chi connectivity index (χ0n) is 23.2. The van der Waals surface area contributed by atoms with Crippen molar-refractivity contribution < 1.29 is 28.3 Å². The van der Waals surface area contributed by atoms with Gasteiger partial charge in [0.25, 0.3) is 0 Å². The minimum atomic E-state index is 0.284. The average Bonchev–Trinajstić information content (AvgIpc) is 3.64. The first-order valence-electron chi connectivity index (χ1n) is 14.0. The van der Waals surface area contributed by atoms with E-state index in [2.05, 4.69) is 45.3 Å². The van der Waals surface area contributed by atoms with Crippen LogP contribution >= 0.6 is 11.3 Å². The van der Waals surface area contributed by atoms with Crippen LogP contribution in [0.3, 0.4) is 0 Å². The Labute approximate surface area is 242 Å². The molecular formula is C32H32N3O5S+. The summed E-state index contributed by atoms with van der Waals surface area (Å²) in [4.78, 5) is 4.67. The van der Waals surface area contributed by atoms with Crippen LogP contribution in [0.2, 0.25) is 0 Å². The number of anilines is 1. The van der Waals surface area contributed by atoms with Crippen molar-refractivity contribution in [2.45, 2.75) is 32.2 Å². The van der Waals surface area contributed by atoms with Crippen molar-refractivity contribution in [3.05, 3.63) is 60.3 Å². The number of hydrogen-bond acceptors (Lipinski definition) is 8. The summed E-state index contributed by atoms with van der Waals surface area (Å²) in [5.41, 5.74) is 4.65. The van der Waals surface area contributed by atoms with Gasteiger partial charge in [-0.15, -0.1) is 0 Å². The molecule has 0 fully saturated rings. The second-order valence-electron chi connectivity index (χ2n) is 10.3. The fourth-order valence-electron chi connectivity index (χ4n) is 5.59. The largest absolute Gasteiger partial charge is 0.497 e. The maximum absolute atomic E-state index is 6.37. The molecule has 0 atom stereocenters. The van der Waals surface area contributed by atoms with E-state index in [1.807, 2.05) is 24.3 Å². The highest BCUT2D eigenvalue weighted by atomic mass is 32.1. The van der Waals surface area contributed by atoms with Gasteiger partial charge in [0.2, 0.25) is 12.5 Å². The average molecular weight is 571 g/mol. The molecule has 8 nitrogen and oxygen atoms in total. The number of methoxy groups -OCH3 is 2. The fourth-order valence-corrected chi connectivity index (χ4v) is 6.51. The Morgan fingerprint density at radius 1 is 0.976 bits per heavy atom. The highest BCUT2D eigenvalue weighted by molar-refractivity contribution is 7.22. The summed E-state index contributed by atoms with van der Waals surface area (Å²) >= 11 is 1.65. The lowest BCUT2D eigenvalue weighted by molar-refractivity contribution is -0.686. The molecule has 0 spiro atoms. The molecule has 0 aliphatic carbocycles. The van der Waals surface area contributed by atoms with Crippen molar-refractivity contribution in [1.82, 2.24) is 4.98 Å². The quantitative estimate of drug-likeness (QED) is 0.155. The number of nitrogens with one attached hydrogen (secondary N) is 1. The Balaban J connectivity index is 0.999. The van der Waals surface area contributed by atoms with E-state index < -0.39 is 0 Å². The standard InChI is InChI=1S/C32H32N3O5S/c1-36-22-7-8-25-30(16-22)41-32(34-25)33-11-4-3-5-13-38-31-24-18-35-12-10-21-15-28-29(40-19-39-28)17-23(21)26(35)14-20(24)6-9-27(31)37-2/h6-9,14-18H,3-5,10-13,19H2,1-2H3,(H,33,34)/q+1. The van der Waals surface area contributed by atoms with Gasteiger partial charge in [-0.1, -0.05) is 11.3 Å². The van der Waals surface area contributed by atoms with E-state index in [-0.39, 0.29) is 6.79 Å². The Hall–Kier alpha value is -4.24. The molecule has 2 aliphatic rings. The van der Waals surface area contributed by atoms with Crippen LogP contribution in [-0.4, -0.2) is 39.1 Å². The number of aromatic nitrogens is 2. The van der Waals surface area contributed by atoms with Gasteiger partial charge in [0.05, 0.1) is 42.0 Å². The summed E-state index contributed by atoms with van der Waals surface area (Å²) in [6, 6.07) is 16.5. The molecule has 0 unspecified atom stereocenters. The van der Waals surface area contributed by atoms with Gasteiger partial charge in [-0.05, 0) is 72.7 Å². The van der Waals surface area contributed by atoms with Crippen molar-refractivity contribution in [2.24, 2.45) is 0 Å². The van der Waals surface area contributed by atoms with Crippen LogP contribution in [0.4, 0.5) is 5.13 Å². The van der Waals surface area contributed by atoms with Gasteiger partial charge in [-0.3, -0.25) is 0 Å². The predicted octanol–water partition coefficient (Wildman–Crippen LogP) is 6.37. The molecule has 2 aromatic heterocycles. The van der Waals surface area contributed by atoms with Gasteiger partial charge in [0.1, 0.15) is 5.75 Å². The molecule has 0 saturated carbocycles. The first-order valence-corrected chi connectivity index (χ1v) is 14.8. The zero-order chi connectivity index (χ0) is 27.8. The smallest absolute Gasteiger partial charge is 0.231 e. The van der Waals surface area contributed by atoms with Crippen LogP contribution < -0.4 is 33.6 Å². The zero-order valence-corrected chi connectivity index (χ0v) is 24.0. The van der Waals surface area contributed by atoms with Crippen LogP contribution in [0.1, 0.15) is 24.8 Å². The molecule has 41 heavy (non-hydrogen) atoms. The number of aryl methyl sites for hydroxylation is 2. The molecule has 7 rings (SSSR count). The molecule has 9 heteroatoms. The summed E-state index contributed by atoms with van der Waals surface area (Å²) in [6.07, 6.45) is 6.19. The second-order valence-corrected chi connectivity index (χ2v) is 11.3. The molecule has 3 aromatic carbocycles. The summed E-state index contributed by atoms with van der Waals surface area (Å²) < 4.78 is 32.1. The minimum absolute atomic E-state index is 0.284. The normalized spacial score (nSPS) is 13.2. The van der Waals surface area contributed by atoms with E-state index in [1.165, 1.54) is 16.8 Å². The Morgan fingerprint density at radius 2 is 1.88 bits per heavy atom. The van der Waals surface area contributed by atoms with Crippen molar-refractivity contribution in [3.8, 4) is 40.0 Å². The molecule has 0 radical (unpaired) electrons. The number of benzene rings is 3. The van der Waals surface area contributed by atoms with Crippen molar-refractivity contribution in [2.75, 3.05) is 39.5 Å². The summed E-state index contributed by atoms with van der Waals surface area (Å²) in [5, 5.41) is 6.59. The number of unbranched alkanes of at least 4 members (excludes halogenated alkanes) is 2. The van der Waals surface area contributed by atoms with Gasteiger partial charge in [-0.25, -0.2) is 4.98 Å². The van der Waals surface area contributed by atoms with Gasteiger partial charge in [0.15, 0.2) is 40.9 Å². The number of nitrogens with zero attached hydrogens (tertiary/aromatic N) is 2. The Bertz CT molecular complexity index is 1750. The lowest BCUT2D eigenvalue weighted by Gasteiger charge is -2.18. The minimum Gasteiger partial charge on any atom is -0.497 e. The maximum atomic E-state index is 6.37. The van der Waals surface area contributed by atoms with E-state index in [4.69, 9.17) is 23.7 Å².